The van der Waals surface area contributed by atoms with E-state index in [9.17, 15) is 9.59 Å². The summed E-state index contributed by atoms with van der Waals surface area (Å²) in [7, 11) is 0. The molecule has 1 aromatic rings. The topological polar surface area (TPSA) is 66.6 Å². The molecule has 2 heterocycles. The van der Waals surface area contributed by atoms with Crippen LogP contribution in [-0.4, -0.2) is 53.8 Å². The highest BCUT2D eigenvalue weighted by molar-refractivity contribution is 5.81. The minimum atomic E-state index is -0.444. The zero-order chi connectivity index (χ0) is 21.1. The lowest BCUT2D eigenvalue weighted by molar-refractivity contribution is -0.131. The van der Waals surface area contributed by atoms with Crippen molar-refractivity contribution >= 4 is 11.8 Å². The number of benzene rings is 1. The summed E-state index contributed by atoms with van der Waals surface area (Å²) in [6.45, 7) is 5.27. The van der Waals surface area contributed by atoms with Crippen molar-refractivity contribution in [2.45, 2.75) is 76.7 Å². The molecule has 1 atom stereocenters. The van der Waals surface area contributed by atoms with Crippen molar-refractivity contribution in [3.05, 3.63) is 35.4 Å². The second-order valence-electron chi connectivity index (χ2n) is 9.80. The highest BCUT2D eigenvalue weighted by atomic mass is 16.2. The molecule has 4 rings (SSSR count). The van der Waals surface area contributed by atoms with Gasteiger partial charge in [-0.3, -0.25) is 9.59 Å². The van der Waals surface area contributed by atoms with Gasteiger partial charge in [-0.2, -0.15) is 0 Å². The zero-order valence-electron chi connectivity index (χ0n) is 18.4. The molecule has 164 valence electrons. The summed E-state index contributed by atoms with van der Waals surface area (Å²) in [5, 5.41) is 0. The van der Waals surface area contributed by atoms with Crippen LogP contribution in [0.2, 0.25) is 0 Å². The van der Waals surface area contributed by atoms with Crippen molar-refractivity contribution in [2.75, 3.05) is 26.2 Å². The molecule has 2 saturated heterocycles. The van der Waals surface area contributed by atoms with Crippen molar-refractivity contribution in [1.29, 1.82) is 0 Å². The number of hydrogen-bond donors (Lipinski definition) is 1. The van der Waals surface area contributed by atoms with Crippen molar-refractivity contribution in [1.82, 2.24) is 9.80 Å². The van der Waals surface area contributed by atoms with Gasteiger partial charge in [-0.15, -0.1) is 0 Å². The number of rotatable bonds is 5. The lowest BCUT2D eigenvalue weighted by Crippen LogP contribution is -2.50. The third-order valence-corrected chi connectivity index (χ3v) is 8.01. The molecule has 0 radical (unpaired) electrons. The molecule has 2 amide bonds. The highest BCUT2D eigenvalue weighted by Crippen LogP contribution is 2.40. The monoisotopic (exact) mass is 411 g/mol. The molecule has 30 heavy (non-hydrogen) atoms. The number of primary amides is 1. The van der Waals surface area contributed by atoms with Crippen LogP contribution < -0.4 is 5.73 Å². The third-order valence-electron chi connectivity index (χ3n) is 8.01. The molecular formula is C25H37N3O2. The first-order valence-electron chi connectivity index (χ1n) is 11.9. The quantitative estimate of drug-likeness (QED) is 0.807. The molecule has 5 nitrogen and oxygen atoms in total. The first-order chi connectivity index (χ1) is 14.5. The van der Waals surface area contributed by atoms with Crippen LogP contribution in [0.1, 0.15) is 75.3 Å². The van der Waals surface area contributed by atoms with Gasteiger partial charge in [0.2, 0.25) is 11.8 Å². The van der Waals surface area contributed by atoms with Crippen molar-refractivity contribution in [2.24, 2.45) is 11.1 Å². The fourth-order valence-corrected chi connectivity index (χ4v) is 6.07. The van der Waals surface area contributed by atoms with Gasteiger partial charge in [-0.1, -0.05) is 37.1 Å². The lowest BCUT2D eigenvalue weighted by Gasteiger charge is -2.43. The number of likely N-dealkylation sites (tertiary alicyclic amines) is 2. The number of carbonyl (C=O) groups is 2. The summed E-state index contributed by atoms with van der Waals surface area (Å²) in [4.78, 5) is 29.2. The van der Waals surface area contributed by atoms with E-state index in [1.54, 1.807) is 6.92 Å². The van der Waals surface area contributed by atoms with E-state index < -0.39 is 5.41 Å². The Morgan fingerprint density at radius 1 is 1.03 bits per heavy atom. The van der Waals surface area contributed by atoms with Gasteiger partial charge < -0.3 is 15.5 Å². The average molecular weight is 412 g/mol. The Bertz CT molecular complexity index is 763. The normalized spacial score (nSPS) is 25.4. The summed E-state index contributed by atoms with van der Waals surface area (Å²) in [5.41, 5.74) is 8.14. The molecule has 1 aromatic carbocycles. The van der Waals surface area contributed by atoms with Crippen LogP contribution in [0.25, 0.3) is 0 Å². The molecule has 3 aliphatic rings. The Morgan fingerprint density at radius 3 is 2.40 bits per heavy atom. The Labute approximate surface area is 181 Å². The maximum atomic E-state index is 12.7. The molecule has 0 unspecified atom stereocenters. The molecule has 1 saturated carbocycles. The molecule has 2 aliphatic heterocycles. The largest absolute Gasteiger partial charge is 0.369 e. The van der Waals surface area contributed by atoms with Gasteiger partial charge in [0.1, 0.15) is 0 Å². The Hall–Kier alpha value is -1.88. The summed E-state index contributed by atoms with van der Waals surface area (Å²) >= 11 is 0. The molecule has 0 aromatic heterocycles. The molecule has 5 heteroatoms. The number of amides is 2. The molecule has 0 spiro atoms. The summed E-state index contributed by atoms with van der Waals surface area (Å²) in [6.07, 6.45) is 9.88. The second-order valence-corrected chi connectivity index (χ2v) is 9.80. The Balaban J connectivity index is 1.51. The summed E-state index contributed by atoms with van der Waals surface area (Å²) < 4.78 is 0. The van der Waals surface area contributed by atoms with Crippen LogP contribution in [0.4, 0.5) is 0 Å². The minimum Gasteiger partial charge on any atom is -0.369 e. The predicted molar refractivity (Wildman–Crippen MR) is 119 cm³/mol. The van der Waals surface area contributed by atoms with E-state index in [2.05, 4.69) is 29.2 Å². The van der Waals surface area contributed by atoms with Gasteiger partial charge in [0.25, 0.3) is 0 Å². The Kier molecular flexibility index (Phi) is 6.47. The van der Waals surface area contributed by atoms with Gasteiger partial charge in [-0.25, -0.2) is 0 Å². The van der Waals surface area contributed by atoms with Crippen LogP contribution in [-0.2, 0) is 16.0 Å². The predicted octanol–water partition coefficient (Wildman–Crippen LogP) is 3.47. The van der Waals surface area contributed by atoms with E-state index in [1.807, 2.05) is 4.90 Å². The average Bonchev–Trinajstić information content (AvgIpc) is 3.29. The van der Waals surface area contributed by atoms with Crippen LogP contribution in [0.3, 0.4) is 0 Å². The minimum absolute atomic E-state index is 0.141. The van der Waals surface area contributed by atoms with E-state index in [0.29, 0.717) is 12.0 Å². The SMILES string of the molecule is CC(=O)N1CCC[C@H](c2ccccc2CC2(C(N)=O)CCN(C3CCCC3)CC2)C1. The molecule has 3 fully saturated rings. The van der Waals surface area contributed by atoms with Crippen molar-refractivity contribution in [3.8, 4) is 0 Å². The standard InChI is InChI=1S/C25H37N3O2/c1-19(29)28-14-6-8-21(18-28)23-11-5-2-7-20(23)17-25(24(26)30)12-15-27(16-13-25)22-9-3-4-10-22/h2,5,7,11,21-22H,3-4,6,8-10,12-18H2,1H3,(H2,26,30)/t21-/m0/s1. The third kappa shape index (κ3) is 4.41. The first kappa shape index (κ1) is 21.4. The fraction of sp³-hybridized carbons (Fsp3) is 0.680. The molecule has 2 N–H and O–H groups in total. The van der Waals surface area contributed by atoms with Gasteiger partial charge in [-0.05, 0) is 69.2 Å². The smallest absolute Gasteiger partial charge is 0.224 e. The maximum absolute atomic E-state index is 12.7. The highest BCUT2D eigenvalue weighted by Gasteiger charge is 2.42. The van der Waals surface area contributed by atoms with E-state index in [1.165, 1.54) is 36.8 Å². The van der Waals surface area contributed by atoms with Crippen LogP contribution >= 0.6 is 0 Å². The van der Waals surface area contributed by atoms with Crippen LogP contribution in [0.5, 0.6) is 0 Å². The molecule has 0 bridgehead atoms. The Morgan fingerprint density at radius 2 is 1.73 bits per heavy atom. The number of piperidine rings is 2. The second kappa shape index (κ2) is 9.09. The zero-order valence-corrected chi connectivity index (χ0v) is 18.4. The van der Waals surface area contributed by atoms with Crippen molar-refractivity contribution in [3.63, 3.8) is 0 Å². The molecule has 1 aliphatic carbocycles. The van der Waals surface area contributed by atoms with E-state index >= 15 is 0 Å². The van der Waals surface area contributed by atoms with E-state index in [-0.39, 0.29) is 11.8 Å². The fourth-order valence-electron chi connectivity index (χ4n) is 6.07. The van der Waals surface area contributed by atoms with Gasteiger partial charge in [0.05, 0.1) is 5.41 Å². The summed E-state index contributed by atoms with van der Waals surface area (Å²) in [6, 6.07) is 9.25. The number of carbonyl (C=O) groups excluding carboxylic acids is 2. The van der Waals surface area contributed by atoms with Crippen molar-refractivity contribution < 1.29 is 9.59 Å². The summed E-state index contributed by atoms with van der Waals surface area (Å²) in [5.74, 6) is 0.366. The van der Waals surface area contributed by atoms with Gasteiger partial charge in [0.15, 0.2) is 0 Å². The molecular weight excluding hydrogens is 374 g/mol. The first-order valence-corrected chi connectivity index (χ1v) is 11.9. The van der Waals surface area contributed by atoms with E-state index in [4.69, 9.17) is 5.73 Å². The van der Waals surface area contributed by atoms with Crippen LogP contribution in [0.15, 0.2) is 24.3 Å². The lowest BCUT2D eigenvalue weighted by atomic mass is 9.71. The number of nitrogens with zero attached hydrogens (tertiary/aromatic N) is 2. The van der Waals surface area contributed by atoms with Gasteiger partial charge >= 0.3 is 0 Å². The maximum Gasteiger partial charge on any atom is 0.224 e. The number of nitrogens with two attached hydrogens (primary N) is 1. The number of hydrogen-bond acceptors (Lipinski definition) is 3. The van der Waals surface area contributed by atoms with Gasteiger partial charge in [0, 0.05) is 32.0 Å². The van der Waals surface area contributed by atoms with E-state index in [0.717, 1.165) is 58.3 Å². The van der Waals surface area contributed by atoms with Crippen LogP contribution in [0, 0.1) is 5.41 Å².